The molecule has 20 heavy (non-hydrogen) atoms. The maximum absolute atomic E-state index is 12.3. The Bertz CT molecular complexity index is 640. The summed E-state index contributed by atoms with van der Waals surface area (Å²) in [6.45, 7) is 2.58. The Morgan fingerprint density at radius 2 is 2.00 bits per heavy atom. The molecule has 3 nitrogen and oxygen atoms in total. The van der Waals surface area contributed by atoms with E-state index in [1.165, 1.54) is 11.6 Å². The van der Waals surface area contributed by atoms with Gasteiger partial charge in [-0.3, -0.25) is 4.79 Å². The molecule has 0 aliphatic heterocycles. The van der Waals surface area contributed by atoms with Crippen LogP contribution < -0.4 is 0 Å². The van der Waals surface area contributed by atoms with Crippen LogP contribution in [0.1, 0.15) is 21.5 Å². The quantitative estimate of drug-likeness (QED) is 0.826. The first-order valence-corrected chi connectivity index (χ1v) is 7.35. The SMILES string of the molecule is Cc1cccc(CN(C)C(=O)c2ccc(I)c(O)c2)c1. The van der Waals surface area contributed by atoms with Gasteiger partial charge in [0.15, 0.2) is 0 Å². The smallest absolute Gasteiger partial charge is 0.254 e. The summed E-state index contributed by atoms with van der Waals surface area (Å²) in [5.41, 5.74) is 2.77. The van der Waals surface area contributed by atoms with Gasteiger partial charge in [-0.25, -0.2) is 0 Å². The molecule has 0 aliphatic rings. The molecule has 2 aromatic rings. The highest BCUT2D eigenvalue weighted by Gasteiger charge is 2.13. The molecule has 0 spiro atoms. The van der Waals surface area contributed by atoms with Crippen LogP contribution in [0, 0.1) is 10.5 Å². The van der Waals surface area contributed by atoms with Gasteiger partial charge in [-0.1, -0.05) is 29.8 Å². The second-order valence-electron chi connectivity index (χ2n) is 4.82. The van der Waals surface area contributed by atoms with Crippen LogP contribution in [0.2, 0.25) is 0 Å². The molecule has 1 amide bonds. The van der Waals surface area contributed by atoms with Gasteiger partial charge in [0.2, 0.25) is 0 Å². The second-order valence-corrected chi connectivity index (χ2v) is 5.98. The largest absolute Gasteiger partial charge is 0.507 e. The van der Waals surface area contributed by atoms with Gasteiger partial charge in [0, 0.05) is 19.2 Å². The molecule has 1 N–H and O–H groups in total. The van der Waals surface area contributed by atoms with Crippen LogP contribution >= 0.6 is 22.6 Å². The molecular formula is C16H16INO2. The predicted molar refractivity (Wildman–Crippen MR) is 87.8 cm³/mol. The van der Waals surface area contributed by atoms with Crippen molar-refractivity contribution in [3.05, 3.63) is 62.7 Å². The first kappa shape index (κ1) is 14.8. The highest BCUT2D eigenvalue weighted by molar-refractivity contribution is 14.1. The van der Waals surface area contributed by atoms with Gasteiger partial charge >= 0.3 is 0 Å². The highest BCUT2D eigenvalue weighted by atomic mass is 127. The molecule has 0 unspecified atom stereocenters. The molecule has 0 saturated heterocycles. The van der Waals surface area contributed by atoms with Crippen LogP contribution in [-0.2, 0) is 6.54 Å². The molecule has 0 aromatic heterocycles. The lowest BCUT2D eigenvalue weighted by molar-refractivity contribution is 0.0784. The maximum atomic E-state index is 12.3. The number of halogens is 1. The Kier molecular flexibility index (Phi) is 4.65. The Morgan fingerprint density at radius 3 is 2.65 bits per heavy atom. The van der Waals surface area contributed by atoms with Crippen LogP contribution in [0.4, 0.5) is 0 Å². The van der Waals surface area contributed by atoms with Crippen LogP contribution in [0.3, 0.4) is 0 Å². The summed E-state index contributed by atoms with van der Waals surface area (Å²) in [5.74, 6) is 0.0404. The number of hydrogen-bond acceptors (Lipinski definition) is 2. The average molecular weight is 381 g/mol. The van der Waals surface area contributed by atoms with E-state index in [2.05, 4.69) is 6.07 Å². The number of carbonyl (C=O) groups excluding carboxylic acids is 1. The fourth-order valence-electron chi connectivity index (χ4n) is 2.02. The van der Waals surface area contributed by atoms with E-state index < -0.39 is 0 Å². The van der Waals surface area contributed by atoms with Gasteiger partial charge in [0.25, 0.3) is 5.91 Å². The topological polar surface area (TPSA) is 40.5 Å². The fraction of sp³-hybridized carbons (Fsp3) is 0.188. The van der Waals surface area contributed by atoms with Gasteiger partial charge in [-0.2, -0.15) is 0 Å². The maximum Gasteiger partial charge on any atom is 0.254 e. The van der Waals surface area contributed by atoms with E-state index >= 15 is 0 Å². The molecule has 4 heteroatoms. The minimum atomic E-state index is -0.0989. The molecule has 0 bridgehead atoms. The van der Waals surface area contributed by atoms with Gasteiger partial charge in [0.05, 0.1) is 3.57 Å². The summed E-state index contributed by atoms with van der Waals surface area (Å²) in [5, 5.41) is 9.68. The first-order valence-electron chi connectivity index (χ1n) is 6.27. The van der Waals surface area contributed by atoms with Crippen molar-refractivity contribution in [2.75, 3.05) is 7.05 Å². The average Bonchev–Trinajstić information content (AvgIpc) is 2.41. The number of benzene rings is 2. The van der Waals surface area contributed by atoms with Gasteiger partial charge < -0.3 is 10.0 Å². The number of phenolic OH excluding ortho intramolecular Hbond substituents is 1. The summed E-state index contributed by atoms with van der Waals surface area (Å²) in [6.07, 6.45) is 0. The third kappa shape index (κ3) is 3.50. The van der Waals surface area contributed by atoms with Crippen molar-refractivity contribution in [3.8, 4) is 5.75 Å². The van der Waals surface area contributed by atoms with E-state index in [0.717, 1.165) is 9.13 Å². The van der Waals surface area contributed by atoms with Crippen molar-refractivity contribution >= 4 is 28.5 Å². The van der Waals surface area contributed by atoms with Crippen LogP contribution in [0.5, 0.6) is 5.75 Å². The third-order valence-corrected chi connectivity index (χ3v) is 3.95. The molecule has 0 radical (unpaired) electrons. The number of carbonyl (C=O) groups is 1. The molecule has 0 aliphatic carbocycles. The zero-order valence-corrected chi connectivity index (χ0v) is 13.6. The van der Waals surface area contributed by atoms with Crippen molar-refractivity contribution in [2.45, 2.75) is 13.5 Å². The molecule has 0 fully saturated rings. The zero-order chi connectivity index (χ0) is 14.7. The summed E-state index contributed by atoms with van der Waals surface area (Å²) in [6, 6.07) is 13.1. The van der Waals surface area contributed by atoms with Gasteiger partial charge in [0.1, 0.15) is 5.75 Å². The van der Waals surface area contributed by atoms with E-state index in [-0.39, 0.29) is 11.7 Å². The lowest BCUT2D eigenvalue weighted by atomic mass is 10.1. The number of nitrogens with zero attached hydrogens (tertiary/aromatic N) is 1. The van der Waals surface area contributed by atoms with Crippen LogP contribution in [0.15, 0.2) is 42.5 Å². The van der Waals surface area contributed by atoms with Gasteiger partial charge in [-0.05, 0) is 53.3 Å². The first-order chi connectivity index (χ1) is 9.47. The molecule has 2 rings (SSSR count). The Balaban J connectivity index is 2.14. The molecule has 104 valence electrons. The van der Waals surface area contributed by atoms with Crippen molar-refractivity contribution in [1.82, 2.24) is 4.90 Å². The number of aryl methyl sites for hydroxylation is 1. The summed E-state index contributed by atoms with van der Waals surface area (Å²) in [7, 11) is 1.76. The number of phenols is 1. The number of hydrogen-bond donors (Lipinski definition) is 1. The molecule has 0 atom stereocenters. The number of aromatic hydroxyl groups is 1. The lowest BCUT2D eigenvalue weighted by Crippen LogP contribution is -2.26. The normalized spacial score (nSPS) is 10.3. The van der Waals surface area contributed by atoms with Crippen molar-refractivity contribution in [1.29, 1.82) is 0 Å². The number of amides is 1. The predicted octanol–water partition coefficient (Wildman–Crippen LogP) is 3.58. The van der Waals surface area contributed by atoms with Crippen LogP contribution in [0.25, 0.3) is 0 Å². The Morgan fingerprint density at radius 1 is 1.25 bits per heavy atom. The Hall–Kier alpha value is -1.56. The van der Waals surface area contributed by atoms with E-state index in [4.69, 9.17) is 0 Å². The van der Waals surface area contributed by atoms with Crippen molar-refractivity contribution < 1.29 is 9.90 Å². The monoisotopic (exact) mass is 381 g/mol. The zero-order valence-electron chi connectivity index (χ0n) is 11.4. The minimum absolute atomic E-state index is 0.0989. The van der Waals surface area contributed by atoms with E-state index in [9.17, 15) is 9.90 Å². The van der Waals surface area contributed by atoms with E-state index in [1.54, 1.807) is 24.1 Å². The van der Waals surface area contributed by atoms with Gasteiger partial charge in [-0.15, -0.1) is 0 Å². The molecule has 0 saturated carbocycles. The van der Waals surface area contributed by atoms with Crippen molar-refractivity contribution in [3.63, 3.8) is 0 Å². The lowest BCUT2D eigenvalue weighted by Gasteiger charge is -2.18. The van der Waals surface area contributed by atoms with E-state index in [1.807, 2.05) is 47.7 Å². The standard InChI is InChI=1S/C16H16INO2/c1-11-4-3-5-12(8-11)10-18(2)16(20)13-6-7-14(17)15(19)9-13/h3-9,19H,10H2,1-2H3. The number of rotatable bonds is 3. The molecule has 0 heterocycles. The van der Waals surface area contributed by atoms with Crippen molar-refractivity contribution in [2.24, 2.45) is 0 Å². The molecule has 2 aromatic carbocycles. The second kappa shape index (κ2) is 6.26. The highest BCUT2D eigenvalue weighted by Crippen LogP contribution is 2.21. The summed E-state index contributed by atoms with van der Waals surface area (Å²) < 4.78 is 0.737. The third-order valence-electron chi connectivity index (χ3n) is 3.04. The van der Waals surface area contributed by atoms with Crippen LogP contribution in [-0.4, -0.2) is 23.0 Å². The summed E-state index contributed by atoms with van der Waals surface area (Å²) >= 11 is 2.03. The van der Waals surface area contributed by atoms with E-state index in [0.29, 0.717) is 12.1 Å². The Labute approximate surface area is 132 Å². The minimum Gasteiger partial charge on any atom is -0.507 e. The molecular weight excluding hydrogens is 365 g/mol. The summed E-state index contributed by atoms with van der Waals surface area (Å²) in [4.78, 5) is 14.0. The fourth-order valence-corrected chi connectivity index (χ4v) is 2.36.